The summed E-state index contributed by atoms with van der Waals surface area (Å²) >= 11 is 0. The first kappa shape index (κ1) is 23.8. The molecular weight excluding hydrogens is 306 g/mol. The van der Waals surface area contributed by atoms with Gasteiger partial charge in [0.1, 0.15) is 0 Å². The van der Waals surface area contributed by atoms with Crippen molar-refractivity contribution < 1.29 is 55.7 Å². The van der Waals surface area contributed by atoms with Crippen LogP contribution in [0.2, 0.25) is 0 Å². The van der Waals surface area contributed by atoms with Gasteiger partial charge in [0.25, 0.3) is 0 Å². The van der Waals surface area contributed by atoms with E-state index in [4.69, 9.17) is 15.3 Å². The number of aliphatic hydroxyl groups is 3. The Morgan fingerprint density at radius 3 is 0.692 bits per heavy atom. The molecule has 0 spiro atoms. The minimum absolute atomic E-state index is 0. The van der Waals surface area contributed by atoms with Gasteiger partial charge in [0.05, 0.1) is 0 Å². The van der Waals surface area contributed by atoms with Gasteiger partial charge in [-0.3, -0.25) is 0 Å². The Labute approximate surface area is 115 Å². The van der Waals surface area contributed by atoms with Crippen LogP contribution in [0.1, 0.15) is 40.0 Å². The zero-order valence-electron chi connectivity index (χ0n) is 8.99. The van der Waals surface area contributed by atoms with Gasteiger partial charge in [-0.15, -0.1) is 0 Å². The maximum atomic E-state index is 7.88. The van der Waals surface area contributed by atoms with Crippen molar-refractivity contribution in [2.24, 2.45) is 0 Å². The fraction of sp³-hybridized carbons (Fsp3) is 1.00. The molecule has 3 nitrogen and oxygen atoms in total. The van der Waals surface area contributed by atoms with Crippen molar-refractivity contribution in [2.75, 3.05) is 19.8 Å². The second-order valence-electron chi connectivity index (χ2n) is 2.17. The molecule has 4 heteroatoms. The molecule has 0 bridgehead atoms. The summed E-state index contributed by atoms with van der Waals surface area (Å²) in [6.07, 6.45) is 2.62. The Hall–Kier alpha value is 1.22. The van der Waals surface area contributed by atoms with E-state index in [0.29, 0.717) is 19.8 Å². The van der Waals surface area contributed by atoms with Crippen LogP contribution in [0, 0.1) is 40.4 Å². The first-order valence-electron chi connectivity index (χ1n) is 4.57. The Morgan fingerprint density at radius 2 is 0.692 bits per heavy atom. The molecule has 0 atom stereocenters. The van der Waals surface area contributed by atoms with Crippen LogP contribution in [0.15, 0.2) is 0 Å². The summed E-state index contributed by atoms with van der Waals surface area (Å²) in [5.41, 5.74) is 0. The molecule has 84 valence electrons. The van der Waals surface area contributed by atoms with E-state index in [0.717, 1.165) is 19.3 Å². The third-order valence-electron chi connectivity index (χ3n) is 0.671. The van der Waals surface area contributed by atoms with E-state index in [9.17, 15) is 0 Å². The van der Waals surface area contributed by atoms with Gasteiger partial charge in [0.2, 0.25) is 0 Å². The van der Waals surface area contributed by atoms with Crippen LogP contribution in [0.3, 0.4) is 0 Å². The number of rotatable bonds is 3. The van der Waals surface area contributed by atoms with Crippen LogP contribution in [-0.2, 0) is 0 Å². The van der Waals surface area contributed by atoms with Crippen LogP contribution in [-0.4, -0.2) is 35.1 Å². The maximum absolute atomic E-state index is 7.88. The average Bonchev–Trinajstić information content (AvgIpc) is 2.18. The molecule has 0 saturated heterocycles. The summed E-state index contributed by atoms with van der Waals surface area (Å²) in [5, 5.41) is 23.6. The third kappa shape index (κ3) is 93.5. The minimum atomic E-state index is 0. The molecule has 0 heterocycles. The van der Waals surface area contributed by atoms with E-state index in [1.807, 2.05) is 20.8 Å². The van der Waals surface area contributed by atoms with Gasteiger partial charge in [-0.1, -0.05) is 20.8 Å². The molecule has 0 aromatic heterocycles. The molecule has 3 N–H and O–H groups in total. The molecule has 0 aliphatic heterocycles. The third-order valence-corrected chi connectivity index (χ3v) is 0.671. The number of aliphatic hydroxyl groups excluding tert-OH is 3. The summed E-state index contributed by atoms with van der Waals surface area (Å²) in [6.45, 7) is 6.75. The smallest absolute Gasteiger partial charge is 0.0428 e. The summed E-state index contributed by atoms with van der Waals surface area (Å²) < 4.78 is 0. The van der Waals surface area contributed by atoms with Gasteiger partial charge in [-0.25, -0.2) is 0 Å². The fourth-order valence-electron chi connectivity index (χ4n) is 0. The minimum Gasteiger partial charge on any atom is -0.396 e. The van der Waals surface area contributed by atoms with Crippen molar-refractivity contribution >= 4 is 0 Å². The Bertz CT molecular complexity index is 30.3. The Kier molecular flexibility index (Phi) is 69.3. The van der Waals surface area contributed by atoms with Crippen LogP contribution < -0.4 is 0 Å². The molecular formula is C9H24O3Sm. The summed E-state index contributed by atoms with van der Waals surface area (Å²) in [6, 6.07) is 0. The molecule has 0 aliphatic carbocycles. The molecule has 0 amide bonds. The second-order valence-corrected chi connectivity index (χ2v) is 2.17. The first-order valence-corrected chi connectivity index (χ1v) is 4.57. The van der Waals surface area contributed by atoms with Gasteiger partial charge in [-0.2, -0.15) is 0 Å². The molecule has 0 radical (unpaired) electrons. The number of hydrogen-bond acceptors (Lipinski definition) is 3. The normalized spacial score (nSPS) is 6.92. The predicted octanol–water partition coefficient (Wildman–Crippen LogP) is 1.17. The molecule has 0 aromatic carbocycles. The monoisotopic (exact) mass is 332 g/mol. The van der Waals surface area contributed by atoms with E-state index < -0.39 is 0 Å². The van der Waals surface area contributed by atoms with E-state index in [2.05, 4.69) is 0 Å². The summed E-state index contributed by atoms with van der Waals surface area (Å²) in [5.74, 6) is 0. The zero-order chi connectivity index (χ0) is 10.2. The molecule has 0 aliphatic rings. The van der Waals surface area contributed by atoms with Gasteiger partial charge >= 0.3 is 0 Å². The molecule has 0 aromatic rings. The van der Waals surface area contributed by atoms with Crippen molar-refractivity contribution in [3.05, 3.63) is 0 Å². The van der Waals surface area contributed by atoms with Crippen molar-refractivity contribution in [2.45, 2.75) is 40.0 Å². The zero-order valence-corrected chi connectivity index (χ0v) is 11.6. The van der Waals surface area contributed by atoms with Crippen LogP contribution in [0.25, 0.3) is 0 Å². The van der Waals surface area contributed by atoms with Crippen LogP contribution >= 0.6 is 0 Å². The summed E-state index contributed by atoms with van der Waals surface area (Å²) in [7, 11) is 0. The van der Waals surface area contributed by atoms with Gasteiger partial charge in [-0.05, 0) is 19.3 Å². The SMILES string of the molecule is CCCO.CCCO.CCCO.[Sm]. The van der Waals surface area contributed by atoms with E-state index >= 15 is 0 Å². The van der Waals surface area contributed by atoms with Crippen LogP contribution in [0.4, 0.5) is 0 Å². The fourth-order valence-corrected chi connectivity index (χ4v) is 0. The summed E-state index contributed by atoms with van der Waals surface area (Å²) in [4.78, 5) is 0. The first-order chi connectivity index (χ1) is 5.74. The second kappa shape index (κ2) is 37.9. The van der Waals surface area contributed by atoms with Crippen molar-refractivity contribution in [1.29, 1.82) is 0 Å². The Morgan fingerprint density at radius 1 is 0.615 bits per heavy atom. The van der Waals surface area contributed by atoms with E-state index in [-0.39, 0.29) is 40.4 Å². The van der Waals surface area contributed by atoms with Crippen LogP contribution in [0.5, 0.6) is 0 Å². The maximum Gasteiger partial charge on any atom is 0.0428 e. The molecule has 0 saturated carbocycles. The van der Waals surface area contributed by atoms with Crippen molar-refractivity contribution in [3.8, 4) is 0 Å². The predicted molar refractivity (Wildman–Crippen MR) is 52.1 cm³/mol. The molecule has 13 heavy (non-hydrogen) atoms. The van der Waals surface area contributed by atoms with Crippen molar-refractivity contribution in [1.82, 2.24) is 0 Å². The topological polar surface area (TPSA) is 60.7 Å². The number of hydrogen-bond donors (Lipinski definition) is 3. The standard InChI is InChI=1S/3C3H8O.Sm/c3*1-2-3-4;/h3*4H,2-3H2,1H3;. The van der Waals surface area contributed by atoms with E-state index in [1.165, 1.54) is 0 Å². The van der Waals surface area contributed by atoms with Gasteiger partial charge in [0.15, 0.2) is 0 Å². The van der Waals surface area contributed by atoms with Gasteiger partial charge < -0.3 is 15.3 Å². The molecule has 0 unspecified atom stereocenters. The van der Waals surface area contributed by atoms with Crippen molar-refractivity contribution in [3.63, 3.8) is 0 Å². The Balaban J connectivity index is -0.0000000450. The van der Waals surface area contributed by atoms with E-state index in [1.54, 1.807) is 0 Å². The average molecular weight is 331 g/mol. The molecule has 0 rings (SSSR count). The molecule has 0 fully saturated rings. The largest absolute Gasteiger partial charge is 0.396 e. The quantitative estimate of drug-likeness (QED) is 0.728. The van der Waals surface area contributed by atoms with Gasteiger partial charge in [0, 0.05) is 60.2 Å².